The van der Waals surface area contributed by atoms with Crippen molar-refractivity contribution in [2.75, 3.05) is 39.3 Å². The number of rotatable bonds is 6. The van der Waals surface area contributed by atoms with Gasteiger partial charge in [0.05, 0.1) is 16.0 Å². The van der Waals surface area contributed by atoms with Crippen LogP contribution in [0.25, 0.3) is 0 Å². The van der Waals surface area contributed by atoms with Gasteiger partial charge < -0.3 is 10.1 Å². The zero-order valence-corrected chi connectivity index (χ0v) is 11.2. The van der Waals surface area contributed by atoms with Crippen LogP contribution >= 0.6 is 0 Å². The zero-order chi connectivity index (χ0) is 14.5. The lowest BCUT2D eigenvalue weighted by molar-refractivity contribution is -0.126. The number of nitrogens with zero attached hydrogens (tertiary/aromatic N) is 1. The molecule has 17 heavy (non-hydrogen) atoms. The fourth-order valence-corrected chi connectivity index (χ4v) is 1.72. The third-order valence-corrected chi connectivity index (χ3v) is 3.53. The zero-order valence-electron chi connectivity index (χ0n) is 13.2. The second-order valence-corrected chi connectivity index (χ2v) is 4.73. The van der Waals surface area contributed by atoms with Crippen LogP contribution in [0.2, 0.25) is 0 Å². The topological polar surface area (TPSA) is 41.6 Å². The molecule has 1 N–H and O–H groups in total. The van der Waals surface area contributed by atoms with Crippen molar-refractivity contribution in [3.8, 4) is 0 Å². The fourth-order valence-electron chi connectivity index (χ4n) is 1.72. The molecule has 1 fully saturated rings. The van der Waals surface area contributed by atoms with E-state index in [1.165, 1.54) is 0 Å². The SMILES string of the molecule is [2H]C([2H])(CN1CCOCC1)NC(=O)C(C)C(C)CC. The molecule has 1 rings (SSSR count). The normalized spacial score (nSPS) is 23.5. The molecule has 100 valence electrons. The second-order valence-electron chi connectivity index (χ2n) is 4.73. The number of amides is 1. The molecule has 0 aromatic carbocycles. The minimum atomic E-state index is -1.68. The summed E-state index contributed by atoms with van der Waals surface area (Å²) in [5, 5.41) is 2.53. The van der Waals surface area contributed by atoms with E-state index in [-0.39, 0.29) is 24.3 Å². The summed E-state index contributed by atoms with van der Waals surface area (Å²) in [5.74, 6) is -0.100. The van der Waals surface area contributed by atoms with Crippen LogP contribution in [0.3, 0.4) is 0 Å². The number of ether oxygens (including phenoxy) is 1. The van der Waals surface area contributed by atoms with Crippen LogP contribution in [0.15, 0.2) is 0 Å². The van der Waals surface area contributed by atoms with Gasteiger partial charge in [0.25, 0.3) is 0 Å². The Hall–Kier alpha value is -0.610. The summed E-state index contributed by atoms with van der Waals surface area (Å²) in [6, 6.07) is 0. The average molecular weight is 244 g/mol. The summed E-state index contributed by atoms with van der Waals surface area (Å²) in [5.41, 5.74) is 0. The van der Waals surface area contributed by atoms with Gasteiger partial charge in [0, 0.05) is 32.0 Å². The van der Waals surface area contributed by atoms with E-state index in [4.69, 9.17) is 7.48 Å². The molecule has 4 heteroatoms. The molecule has 0 aromatic rings. The van der Waals surface area contributed by atoms with Crippen LogP contribution in [-0.2, 0) is 9.53 Å². The van der Waals surface area contributed by atoms with Gasteiger partial charge >= 0.3 is 0 Å². The van der Waals surface area contributed by atoms with Crippen molar-refractivity contribution in [1.29, 1.82) is 0 Å². The maximum atomic E-state index is 12.0. The van der Waals surface area contributed by atoms with Crippen LogP contribution in [0.5, 0.6) is 0 Å². The molecule has 1 aliphatic heterocycles. The maximum Gasteiger partial charge on any atom is 0.223 e. The van der Waals surface area contributed by atoms with Crippen molar-refractivity contribution >= 4 is 5.91 Å². The molecule has 0 aromatic heterocycles. The van der Waals surface area contributed by atoms with Crippen LogP contribution in [0.4, 0.5) is 0 Å². The summed E-state index contributed by atoms with van der Waals surface area (Å²) in [6.45, 7) is 7.14. The minimum Gasteiger partial charge on any atom is -0.379 e. The van der Waals surface area contributed by atoms with Crippen LogP contribution in [0, 0.1) is 11.8 Å². The van der Waals surface area contributed by atoms with Crippen LogP contribution < -0.4 is 5.32 Å². The number of hydrogen-bond donors (Lipinski definition) is 1. The van der Waals surface area contributed by atoms with E-state index in [1.807, 2.05) is 25.7 Å². The third kappa shape index (κ3) is 5.04. The lowest BCUT2D eigenvalue weighted by Gasteiger charge is -2.27. The number of carbonyl (C=O) groups excluding carboxylic acids is 1. The van der Waals surface area contributed by atoms with E-state index < -0.39 is 6.50 Å². The van der Waals surface area contributed by atoms with E-state index in [9.17, 15) is 4.79 Å². The first-order valence-corrected chi connectivity index (χ1v) is 6.48. The Morgan fingerprint density at radius 2 is 2.12 bits per heavy atom. The minimum absolute atomic E-state index is 0.162. The number of morpholine rings is 1. The van der Waals surface area contributed by atoms with Crippen molar-refractivity contribution in [2.45, 2.75) is 27.2 Å². The van der Waals surface area contributed by atoms with Crippen molar-refractivity contribution in [1.82, 2.24) is 10.2 Å². The van der Waals surface area contributed by atoms with Gasteiger partial charge in [-0.3, -0.25) is 9.69 Å². The molecule has 0 saturated carbocycles. The van der Waals surface area contributed by atoms with Crippen LogP contribution in [-0.4, -0.2) is 50.2 Å². The summed E-state index contributed by atoms with van der Waals surface area (Å²) < 4.78 is 21.1. The Labute approximate surface area is 108 Å². The van der Waals surface area contributed by atoms with Gasteiger partial charge in [-0.2, -0.15) is 0 Å². The highest BCUT2D eigenvalue weighted by molar-refractivity contribution is 5.78. The Morgan fingerprint density at radius 1 is 1.47 bits per heavy atom. The van der Waals surface area contributed by atoms with E-state index in [2.05, 4.69) is 5.32 Å². The first-order chi connectivity index (χ1) is 8.85. The molecule has 0 radical (unpaired) electrons. The Kier molecular flexibility index (Phi) is 5.18. The molecule has 1 amide bonds. The second kappa shape index (κ2) is 7.67. The fraction of sp³-hybridized carbons (Fsp3) is 0.923. The summed E-state index contributed by atoms with van der Waals surface area (Å²) in [7, 11) is 0. The first-order valence-electron chi connectivity index (χ1n) is 7.48. The lowest BCUT2D eigenvalue weighted by atomic mass is 9.93. The van der Waals surface area contributed by atoms with Gasteiger partial charge in [-0.05, 0) is 5.92 Å². The molecule has 2 unspecified atom stereocenters. The molecule has 0 aliphatic carbocycles. The van der Waals surface area contributed by atoms with E-state index in [0.29, 0.717) is 13.2 Å². The number of nitrogens with one attached hydrogen (secondary N) is 1. The predicted molar refractivity (Wildman–Crippen MR) is 68.9 cm³/mol. The third-order valence-electron chi connectivity index (χ3n) is 3.53. The summed E-state index contributed by atoms with van der Waals surface area (Å²) in [4.78, 5) is 14.0. The van der Waals surface area contributed by atoms with E-state index in [0.717, 1.165) is 19.5 Å². The Morgan fingerprint density at radius 3 is 2.71 bits per heavy atom. The van der Waals surface area contributed by atoms with Gasteiger partial charge in [-0.25, -0.2) is 0 Å². The standard InChI is InChI=1S/C13H26N2O2/c1-4-11(2)12(3)13(16)14-5-6-15-7-9-17-10-8-15/h11-12H,4-10H2,1-3H3,(H,14,16)/i5D2. The first kappa shape index (κ1) is 11.5. The van der Waals surface area contributed by atoms with Crippen molar-refractivity contribution < 1.29 is 12.3 Å². The monoisotopic (exact) mass is 244 g/mol. The molecular weight excluding hydrogens is 216 g/mol. The van der Waals surface area contributed by atoms with Crippen molar-refractivity contribution in [3.63, 3.8) is 0 Å². The molecule has 2 atom stereocenters. The van der Waals surface area contributed by atoms with Gasteiger partial charge in [0.2, 0.25) is 5.91 Å². The molecule has 1 aliphatic rings. The molecule has 1 heterocycles. The molecule has 0 bridgehead atoms. The smallest absolute Gasteiger partial charge is 0.223 e. The largest absolute Gasteiger partial charge is 0.379 e. The number of hydrogen-bond acceptors (Lipinski definition) is 3. The lowest BCUT2D eigenvalue weighted by Crippen LogP contribution is -2.42. The van der Waals surface area contributed by atoms with Gasteiger partial charge in [0.15, 0.2) is 0 Å². The maximum absolute atomic E-state index is 12.0. The van der Waals surface area contributed by atoms with E-state index in [1.54, 1.807) is 0 Å². The highest BCUT2D eigenvalue weighted by Crippen LogP contribution is 2.14. The highest BCUT2D eigenvalue weighted by Gasteiger charge is 2.18. The van der Waals surface area contributed by atoms with Gasteiger partial charge in [-0.1, -0.05) is 27.2 Å². The molecule has 4 nitrogen and oxygen atoms in total. The molecule has 0 spiro atoms. The molecular formula is C13H26N2O2. The average Bonchev–Trinajstić information content (AvgIpc) is 2.36. The van der Waals surface area contributed by atoms with Crippen molar-refractivity contribution in [3.05, 3.63) is 0 Å². The Bertz CT molecular complexity index is 294. The highest BCUT2D eigenvalue weighted by atomic mass is 16.5. The predicted octanol–water partition coefficient (Wildman–Crippen LogP) is 1.12. The van der Waals surface area contributed by atoms with Crippen LogP contribution in [0.1, 0.15) is 29.9 Å². The quantitative estimate of drug-likeness (QED) is 0.761. The molecule has 1 saturated heterocycles. The Balaban J connectivity index is 2.46. The van der Waals surface area contributed by atoms with Gasteiger partial charge in [-0.15, -0.1) is 0 Å². The van der Waals surface area contributed by atoms with E-state index >= 15 is 0 Å². The van der Waals surface area contributed by atoms with Gasteiger partial charge in [0.1, 0.15) is 0 Å². The summed E-state index contributed by atoms with van der Waals surface area (Å²) in [6.07, 6.45) is 0.918. The van der Waals surface area contributed by atoms with Crippen molar-refractivity contribution in [2.24, 2.45) is 11.8 Å². The summed E-state index contributed by atoms with van der Waals surface area (Å²) >= 11 is 0. The number of carbonyl (C=O) groups is 1.